The van der Waals surface area contributed by atoms with Gasteiger partial charge in [0, 0.05) is 5.02 Å². The van der Waals surface area contributed by atoms with E-state index in [0.29, 0.717) is 5.02 Å². The summed E-state index contributed by atoms with van der Waals surface area (Å²) < 4.78 is 0. The van der Waals surface area contributed by atoms with E-state index in [1.165, 1.54) is 12.1 Å². The van der Waals surface area contributed by atoms with Crippen LogP contribution < -0.4 is 10.5 Å². The normalized spacial score (nSPS) is 10.6. The van der Waals surface area contributed by atoms with Crippen LogP contribution in [0.2, 0.25) is 5.02 Å². The van der Waals surface area contributed by atoms with Crippen molar-refractivity contribution in [3.8, 4) is 0 Å². The van der Waals surface area contributed by atoms with E-state index in [1.807, 2.05) is 0 Å². The number of hydrazone groups is 1. The standard InChI is InChI=1S/C14H11ClN2O2/c15-12-5-7-13(8-6-12)17-16-9-10-1-3-11(4-2-10)14(18)19/h1-9,17H,(H,18,19)/p-1/b16-9-. The van der Waals surface area contributed by atoms with Crippen LogP contribution in [0, 0.1) is 0 Å². The molecule has 0 spiro atoms. The van der Waals surface area contributed by atoms with E-state index in [4.69, 9.17) is 11.6 Å². The number of benzene rings is 2. The van der Waals surface area contributed by atoms with Crippen molar-refractivity contribution < 1.29 is 9.90 Å². The Morgan fingerprint density at radius 2 is 1.74 bits per heavy atom. The Labute approximate surface area is 115 Å². The van der Waals surface area contributed by atoms with Gasteiger partial charge in [0.2, 0.25) is 0 Å². The van der Waals surface area contributed by atoms with Crippen LogP contribution in [0.15, 0.2) is 53.6 Å². The number of nitrogens with one attached hydrogen (secondary N) is 1. The first kappa shape index (κ1) is 13.1. The van der Waals surface area contributed by atoms with Crippen molar-refractivity contribution in [2.45, 2.75) is 0 Å². The SMILES string of the molecule is O=C([O-])c1ccc(/C=N\Nc2ccc(Cl)cc2)cc1. The molecule has 0 aliphatic rings. The first-order chi connectivity index (χ1) is 9.15. The van der Waals surface area contributed by atoms with Crippen molar-refractivity contribution in [3.05, 3.63) is 64.7 Å². The molecule has 4 nitrogen and oxygen atoms in total. The summed E-state index contributed by atoms with van der Waals surface area (Å²) in [6, 6.07) is 13.4. The largest absolute Gasteiger partial charge is 0.545 e. The fourth-order valence-corrected chi connectivity index (χ4v) is 1.54. The lowest BCUT2D eigenvalue weighted by Crippen LogP contribution is -2.21. The lowest BCUT2D eigenvalue weighted by Gasteiger charge is -2.02. The summed E-state index contributed by atoms with van der Waals surface area (Å²) in [5, 5.41) is 15.3. The Balaban J connectivity index is 1.98. The van der Waals surface area contributed by atoms with Gasteiger partial charge in [-0.3, -0.25) is 5.43 Å². The number of carboxylic acid groups (broad SMARTS) is 1. The van der Waals surface area contributed by atoms with Gasteiger partial charge in [0.15, 0.2) is 0 Å². The van der Waals surface area contributed by atoms with Crippen LogP contribution in [0.3, 0.4) is 0 Å². The maximum atomic E-state index is 10.6. The Bertz CT molecular complexity index is 592. The highest BCUT2D eigenvalue weighted by Crippen LogP contribution is 2.13. The Morgan fingerprint density at radius 1 is 1.11 bits per heavy atom. The molecule has 0 bridgehead atoms. The Kier molecular flexibility index (Phi) is 4.15. The molecule has 2 aromatic carbocycles. The molecule has 0 amide bonds. The smallest absolute Gasteiger partial charge is 0.0715 e. The van der Waals surface area contributed by atoms with Crippen LogP contribution in [-0.4, -0.2) is 12.2 Å². The number of nitrogens with zero attached hydrogens (tertiary/aromatic N) is 1. The lowest BCUT2D eigenvalue weighted by molar-refractivity contribution is -0.255. The highest BCUT2D eigenvalue weighted by atomic mass is 35.5. The van der Waals surface area contributed by atoms with E-state index in [-0.39, 0.29) is 5.56 Å². The van der Waals surface area contributed by atoms with Crippen molar-refractivity contribution in [1.82, 2.24) is 0 Å². The van der Waals surface area contributed by atoms with Crippen LogP contribution >= 0.6 is 11.6 Å². The number of aromatic carboxylic acids is 1. The molecule has 0 fully saturated rings. The summed E-state index contributed by atoms with van der Waals surface area (Å²) in [4.78, 5) is 10.6. The molecule has 0 aromatic heterocycles. The molecule has 0 aliphatic heterocycles. The van der Waals surface area contributed by atoms with E-state index in [9.17, 15) is 9.90 Å². The van der Waals surface area contributed by atoms with E-state index in [0.717, 1.165) is 11.3 Å². The second-order valence-electron chi connectivity index (χ2n) is 3.79. The zero-order valence-corrected chi connectivity index (χ0v) is 10.6. The van der Waals surface area contributed by atoms with Gasteiger partial charge in [-0.05, 0) is 35.4 Å². The predicted octanol–water partition coefficient (Wildman–Crippen LogP) is 2.15. The zero-order chi connectivity index (χ0) is 13.7. The molecule has 5 heteroatoms. The molecular weight excluding hydrogens is 264 g/mol. The molecule has 0 saturated heterocycles. The summed E-state index contributed by atoms with van der Waals surface area (Å²) in [6.07, 6.45) is 1.59. The number of hydrogen-bond donors (Lipinski definition) is 1. The van der Waals surface area contributed by atoms with Gasteiger partial charge in [-0.1, -0.05) is 35.9 Å². The molecule has 0 heterocycles. The predicted molar refractivity (Wildman–Crippen MR) is 73.4 cm³/mol. The van der Waals surface area contributed by atoms with Crippen molar-refractivity contribution in [3.63, 3.8) is 0 Å². The minimum absolute atomic E-state index is 0.141. The second kappa shape index (κ2) is 6.02. The van der Waals surface area contributed by atoms with Gasteiger partial charge < -0.3 is 9.90 Å². The van der Waals surface area contributed by atoms with Gasteiger partial charge in [0.1, 0.15) is 0 Å². The topological polar surface area (TPSA) is 64.5 Å². The molecular formula is C14H10ClN2O2-. The molecule has 0 aliphatic carbocycles. The number of halogens is 1. The zero-order valence-electron chi connectivity index (χ0n) is 9.84. The van der Waals surface area contributed by atoms with E-state index in [2.05, 4.69) is 10.5 Å². The molecule has 0 radical (unpaired) electrons. The molecule has 0 unspecified atom stereocenters. The van der Waals surface area contributed by atoms with Crippen LogP contribution in [0.5, 0.6) is 0 Å². The molecule has 0 saturated carbocycles. The molecule has 1 N–H and O–H groups in total. The number of hydrogen-bond acceptors (Lipinski definition) is 4. The minimum atomic E-state index is -1.19. The molecule has 19 heavy (non-hydrogen) atoms. The van der Waals surface area contributed by atoms with Crippen LogP contribution in [-0.2, 0) is 0 Å². The Morgan fingerprint density at radius 3 is 2.32 bits per heavy atom. The fraction of sp³-hybridized carbons (Fsp3) is 0. The van der Waals surface area contributed by atoms with Crippen LogP contribution in [0.25, 0.3) is 0 Å². The van der Waals surface area contributed by atoms with Crippen LogP contribution in [0.4, 0.5) is 5.69 Å². The average Bonchev–Trinajstić information content (AvgIpc) is 2.41. The number of rotatable bonds is 4. The molecule has 2 rings (SSSR count). The number of carbonyl (C=O) groups is 1. The summed E-state index contributed by atoms with van der Waals surface area (Å²) in [5.41, 5.74) is 4.58. The summed E-state index contributed by atoms with van der Waals surface area (Å²) in [7, 11) is 0. The quantitative estimate of drug-likeness (QED) is 0.686. The van der Waals surface area contributed by atoms with Crippen molar-refractivity contribution in [2.24, 2.45) is 5.10 Å². The van der Waals surface area contributed by atoms with Crippen molar-refractivity contribution in [1.29, 1.82) is 0 Å². The monoisotopic (exact) mass is 273 g/mol. The first-order valence-electron chi connectivity index (χ1n) is 5.51. The first-order valence-corrected chi connectivity index (χ1v) is 5.89. The lowest BCUT2D eigenvalue weighted by atomic mass is 10.1. The van der Waals surface area contributed by atoms with Crippen molar-refractivity contribution in [2.75, 3.05) is 5.43 Å². The van der Waals surface area contributed by atoms with E-state index in [1.54, 1.807) is 42.6 Å². The number of carboxylic acids is 1. The molecule has 96 valence electrons. The fourth-order valence-electron chi connectivity index (χ4n) is 1.41. The van der Waals surface area contributed by atoms with E-state index >= 15 is 0 Å². The van der Waals surface area contributed by atoms with Gasteiger partial charge in [-0.15, -0.1) is 0 Å². The second-order valence-corrected chi connectivity index (χ2v) is 4.22. The maximum Gasteiger partial charge on any atom is 0.0715 e. The van der Waals surface area contributed by atoms with Crippen LogP contribution in [0.1, 0.15) is 15.9 Å². The number of anilines is 1. The van der Waals surface area contributed by atoms with Gasteiger partial charge in [0.05, 0.1) is 17.9 Å². The molecule has 0 atom stereocenters. The highest BCUT2D eigenvalue weighted by molar-refractivity contribution is 6.30. The third kappa shape index (κ3) is 3.82. The van der Waals surface area contributed by atoms with Gasteiger partial charge in [-0.2, -0.15) is 5.10 Å². The minimum Gasteiger partial charge on any atom is -0.545 e. The summed E-state index contributed by atoms with van der Waals surface area (Å²) in [6.45, 7) is 0. The highest BCUT2D eigenvalue weighted by Gasteiger charge is 1.93. The van der Waals surface area contributed by atoms with Gasteiger partial charge in [-0.25, -0.2) is 0 Å². The summed E-state index contributed by atoms with van der Waals surface area (Å²) in [5.74, 6) is -1.19. The number of carbonyl (C=O) groups excluding carboxylic acids is 1. The third-order valence-electron chi connectivity index (χ3n) is 2.40. The van der Waals surface area contributed by atoms with Crippen molar-refractivity contribution >= 4 is 29.5 Å². The van der Waals surface area contributed by atoms with Gasteiger partial charge >= 0.3 is 0 Å². The maximum absolute atomic E-state index is 10.6. The summed E-state index contributed by atoms with van der Waals surface area (Å²) >= 11 is 5.76. The third-order valence-corrected chi connectivity index (χ3v) is 2.65. The Hall–Kier alpha value is -2.33. The van der Waals surface area contributed by atoms with Gasteiger partial charge in [0.25, 0.3) is 0 Å². The average molecular weight is 274 g/mol. The van der Waals surface area contributed by atoms with E-state index < -0.39 is 5.97 Å². The molecule has 2 aromatic rings.